The summed E-state index contributed by atoms with van der Waals surface area (Å²) in [5.41, 5.74) is 8.53. The number of aliphatic carboxylic acids is 1. The van der Waals surface area contributed by atoms with Crippen LogP contribution in [0.4, 0.5) is 0 Å². The van der Waals surface area contributed by atoms with E-state index in [1.165, 1.54) is 0 Å². The quantitative estimate of drug-likeness (QED) is 0.355. The third kappa shape index (κ3) is 4.67. The van der Waals surface area contributed by atoms with Crippen molar-refractivity contribution in [2.45, 2.75) is 12.8 Å². The molecule has 0 bridgehead atoms. The lowest BCUT2D eigenvalue weighted by Crippen LogP contribution is -2.24. The number of hydrogen-bond acceptors (Lipinski definition) is 3. The lowest BCUT2D eigenvalue weighted by Gasteiger charge is -2.07. The van der Waals surface area contributed by atoms with Gasteiger partial charge in [-0.3, -0.25) is 15.0 Å². The Morgan fingerprint density at radius 1 is 0.958 bits per heavy atom. The van der Waals surface area contributed by atoms with Crippen LogP contribution in [0.25, 0.3) is 11.1 Å². The molecule has 0 fully saturated rings. The second kappa shape index (κ2) is 7.92. The van der Waals surface area contributed by atoms with E-state index in [4.69, 9.17) is 16.2 Å². The average Bonchev–Trinajstić information content (AvgIpc) is 2.58. The van der Waals surface area contributed by atoms with Crippen molar-refractivity contribution in [3.63, 3.8) is 0 Å². The Morgan fingerprint density at radius 2 is 1.46 bits per heavy atom. The molecule has 6 nitrogen and oxygen atoms in total. The smallest absolute Gasteiger partial charge is 0.303 e. The first kappa shape index (κ1) is 17.2. The summed E-state index contributed by atoms with van der Waals surface area (Å²) in [5, 5.41) is 18.6. The van der Waals surface area contributed by atoms with E-state index >= 15 is 0 Å². The van der Waals surface area contributed by atoms with Gasteiger partial charge in [0.25, 0.3) is 5.91 Å². The van der Waals surface area contributed by atoms with Crippen LogP contribution < -0.4 is 11.1 Å². The molecule has 0 aliphatic carbocycles. The van der Waals surface area contributed by atoms with Gasteiger partial charge in [0.1, 0.15) is 5.84 Å². The molecule has 1 amide bonds. The molecule has 0 aromatic heterocycles. The highest BCUT2D eigenvalue weighted by Gasteiger charge is 2.06. The minimum absolute atomic E-state index is 0.0245. The molecule has 2 rings (SSSR count). The van der Waals surface area contributed by atoms with E-state index in [1.807, 2.05) is 24.3 Å². The van der Waals surface area contributed by atoms with Gasteiger partial charge in [0.15, 0.2) is 0 Å². The number of carboxylic acid groups (broad SMARTS) is 1. The predicted molar refractivity (Wildman–Crippen MR) is 92.1 cm³/mol. The van der Waals surface area contributed by atoms with Crippen LogP contribution in [-0.2, 0) is 4.79 Å². The summed E-state index contributed by atoms with van der Waals surface area (Å²) in [6.07, 6.45) is 0.442. The maximum Gasteiger partial charge on any atom is 0.303 e. The maximum atomic E-state index is 12.0. The second-order valence-corrected chi connectivity index (χ2v) is 5.32. The van der Waals surface area contributed by atoms with Crippen molar-refractivity contribution in [1.29, 1.82) is 5.41 Å². The summed E-state index contributed by atoms with van der Waals surface area (Å²) in [4.78, 5) is 22.4. The van der Waals surface area contributed by atoms with Crippen molar-refractivity contribution < 1.29 is 14.7 Å². The van der Waals surface area contributed by atoms with Crippen LogP contribution in [0, 0.1) is 5.41 Å². The van der Waals surface area contributed by atoms with Crippen LogP contribution in [0.2, 0.25) is 0 Å². The molecule has 24 heavy (non-hydrogen) atoms. The molecule has 5 N–H and O–H groups in total. The SMILES string of the molecule is N=C(N)c1ccc(-c2ccc(C(=O)NCCCC(=O)O)cc2)cc1. The zero-order valence-electron chi connectivity index (χ0n) is 13.1. The molecule has 2 aromatic rings. The summed E-state index contributed by atoms with van der Waals surface area (Å²) in [6.45, 7) is 0.333. The van der Waals surface area contributed by atoms with Crippen LogP contribution in [0.3, 0.4) is 0 Å². The van der Waals surface area contributed by atoms with Crippen molar-refractivity contribution in [2.24, 2.45) is 5.73 Å². The van der Waals surface area contributed by atoms with Crippen LogP contribution >= 0.6 is 0 Å². The van der Waals surface area contributed by atoms with Gasteiger partial charge in [-0.25, -0.2) is 0 Å². The number of nitrogens with two attached hydrogens (primary N) is 1. The molecule has 0 saturated carbocycles. The van der Waals surface area contributed by atoms with Crippen molar-refractivity contribution in [2.75, 3.05) is 6.54 Å². The fourth-order valence-corrected chi connectivity index (χ4v) is 2.20. The summed E-state index contributed by atoms with van der Waals surface area (Å²) in [6, 6.07) is 14.4. The summed E-state index contributed by atoms with van der Waals surface area (Å²) in [7, 11) is 0. The first-order chi connectivity index (χ1) is 11.5. The molecule has 0 saturated heterocycles. The Morgan fingerprint density at radius 3 is 1.92 bits per heavy atom. The van der Waals surface area contributed by atoms with Gasteiger partial charge in [-0.2, -0.15) is 0 Å². The molecule has 0 heterocycles. The van der Waals surface area contributed by atoms with Crippen molar-refractivity contribution in [1.82, 2.24) is 5.32 Å². The van der Waals surface area contributed by atoms with Crippen LogP contribution in [0.15, 0.2) is 48.5 Å². The molecule has 2 aromatic carbocycles. The van der Waals surface area contributed by atoms with Crippen molar-refractivity contribution in [3.05, 3.63) is 59.7 Å². The summed E-state index contributed by atoms with van der Waals surface area (Å²) in [5.74, 6) is -1.07. The van der Waals surface area contributed by atoms with Crippen LogP contribution in [0.1, 0.15) is 28.8 Å². The molecule has 0 aliphatic rings. The number of nitrogen functional groups attached to an aromatic ring is 1. The highest BCUT2D eigenvalue weighted by Crippen LogP contribution is 2.20. The number of benzene rings is 2. The van der Waals surface area contributed by atoms with E-state index in [0.29, 0.717) is 24.1 Å². The lowest BCUT2D eigenvalue weighted by atomic mass is 10.0. The van der Waals surface area contributed by atoms with E-state index in [9.17, 15) is 9.59 Å². The molecule has 0 aliphatic heterocycles. The molecule has 0 spiro atoms. The monoisotopic (exact) mass is 325 g/mol. The standard InChI is InChI=1S/C18H19N3O3/c19-17(20)14-7-3-12(4-8-14)13-5-9-15(10-6-13)18(24)21-11-1-2-16(22)23/h3-10H,1-2,11H2,(H3,19,20)(H,21,24)(H,22,23). The molecular weight excluding hydrogens is 306 g/mol. The van der Waals surface area contributed by atoms with Gasteiger partial charge in [0, 0.05) is 24.1 Å². The van der Waals surface area contributed by atoms with E-state index in [0.717, 1.165) is 11.1 Å². The Balaban J connectivity index is 1.98. The summed E-state index contributed by atoms with van der Waals surface area (Å²) >= 11 is 0. The molecule has 0 radical (unpaired) electrons. The van der Waals surface area contributed by atoms with Crippen molar-refractivity contribution >= 4 is 17.7 Å². The number of amides is 1. The lowest BCUT2D eigenvalue weighted by molar-refractivity contribution is -0.137. The van der Waals surface area contributed by atoms with Gasteiger partial charge < -0.3 is 16.2 Å². The topological polar surface area (TPSA) is 116 Å². The maximum absolute atomic E-state index is 12.0. The number of hydrogen-bond donors (Lipinski definition) is 4. The number of rotatable bonds is 7. The Hall–Kier alpha value is -3.15. The molecule has 124 valence electrons. The Labute approximate surface area is 139 Å². The number of amidine groups is 1. The van der Waals surface area contributed by atoms with Gasteiger partial charge in [0.2, 0.25) is 0 Å². The Kier molecular flexibility index (Phi) is 5.68. The largest absolute Gasteiger partial charge is 0.481 e. The third-order valence-electron chi connectivity index (χ3n) is 3.53. The molecule has 6 heteroatoms. The fraction of sp³-hybridized carbons (Fsp3) is 0.167. The molecule has 0 unspecified atom stereocenters. The normalized spacial score (nSPS) is 10.2. The van der Waals surface area contributed by atoms with E-state index in [-0.39, 0.29) is 18.2 Å². The fourth-order valence-electron chi connectivity index (χ4n) is 2.20. The van der Waals surface area contributed by atoms with Gasteiger partial charge in [-0.05, 0) is 29.7 Å². The van der Waals surface area contributed by atoms with Gasteiger partial charge in [-0.1, -0.05) is 36.4 Å². The zero-order valence-corrected chi connectivity index (χ0v) is 13.1. The minimum Gasteiger partial charge on any atom is -0.481 e. The first-order valence-corrected chi connectivity index (χ1v) is 7.52. The predicted octanol–water partition coefficient (Wildman–Crippen LogP) is 2.23. The highest BCUT2D eigenvalue weighted by molar-refractivity contribution is 5.96. The van der Waals surface area contributed by atoms with E-state index in [2.05, 4.69) is 5.32 Å². The number of nitrogens with one attached hydrogen (secondary N) is 2. The van der Waals surface area contributed by atoms with Crippen LogP contribution in [0.5, 0.6) is 0 Å². The number of carboxylic acids is 1. The average molecular weight is 325 g/mol. The third-order valence-corrected chi connectivity index (χ3v) is 3.53. The molecule has 0 atom stereocenters. The van der Waals surface area contributed by atoms with Crippen molar-refractivity contribution in [3.8, 4) is 11.1 Å². The second-order valence-electron chi connectivity index (χ2n) is 5.32. The zero-order chi connectivity index (χ0) is 17.5. The minimum atomic E-state index is -0.871. The number of carbonyl (C=O) groups is 2. The van der Waals surface area contributed by atoms with Gasteiger partial charge >= 0.3 is 5.97 Å². The highest BCUT2D eigenvalue weighted by atomic mass is 16.4. The first-order valence-electron chi connectivity index (χ1n) is 7.52. The number of carbonyl (C=O) groups excluding carboxylic acids is 1. The van der Waals surface area contributed by atoms with Gasteiger partial charge in [-0.15, -0.1) is 0 Å². The van der Waals surface area contributed by atoms with E-state index in [1.54, 1.807) is 24.3 Å². The summed E-state index contributed by atoms with van der Waals surface area (Å²) < 4.78 is 0. The van der Waals surface area contributed by atoms with Crippen LogP contribution in [-0.4, -0.2) is 29.4 Å². The molecular formula is C18H19N3O3. The van der Waals surface area contributed by atoms with Gasteiger partial charge in [0.05, 0.1) is 0 Å². The Bertz CT molecular complexity index is 737. The van der Waals surface area contributed by atoms with E-state index < -0.39 is 5.97 Å².